The highest BCUT2D eigenvalue weighted by Crippen LogP contribution is 2.32. The predicted octanol–water partition coefficient (Wildman–Crippen LogP) is 4.89. The Kier molecular flexibility index (Phi) is 6.79. The van der Waals surface area contributed by atoms with E-state index >= 15 is 0 Å². The van der Waals surface area contributed by atoms with Crippen LogP contribution >= 0.6 is 11.8 Å². The van der Waals surface area contributed by atoms with Gasteiger partial charge in [-0.3, -0.25) is 9.69 Å². The minimum absolute atomic E-state index is 0.171. The number of aromatic nitrogens is 2. The lowest BCUT2D eigenvalue weighted by atomic mass is 10.2. The van der Waals surface area contributed by atoms with Gasteiger partial charge in [-0.1, -0.05) is 49.0 Å². The van der Waals surface area contributed by atoms with Crippen molar-refractivity contribution in [3.05, 3.63) is 71.5 Å². The molecule has 0 aliphatic carbocycles. The number of amides is 1. The first-order valence-electron chi connectivity index (χ1n) is 10.4. The van der Waals surface area contributed by atoms with Crippen LogP contribution in [0.25, 0.3) is 6.08 Å². The summed E-state index contributed by atoms with van der Waals surface area (Å²) in [6.07, 6.45) is 1.76. The summed E-state index contributed by atoms with van der Waals surface area (Å²) >= 11 is 1.36. The molecule has 3 aromatic rings. The molecule has 1 aliphatic heterocycles. The van der Waals surface area contributed by atoms with Gasteiger partial charge in [0.15, 0.2) is 11.0 Å². The monoisotopic (exact) mass is 464 g/mol. The Hall–Kier alpha value is -3.59. The van der Waals surface area contributed by atoms with Crippen LogP contribution < -0.4 is 14.4 Å². The topological polar surface area (TPSA) is 90.1 Å². The molecule has 2 aromatic carbocycles. The highest BCUT2D eigenvalue weighted by molar-refractivity contribution is 8.13. The molecule has 9 heteroatoms. The third kappa shape index (κ3) is 5.09. The third-order valence-electron chi connectivity index (χ3n) is 4.89. The molecule has 2 heterocycles. The van der Waals surface area contributed by atoms with Crippen LogP contribution in [-0.2, 0) is 10.5 Å². The maximum atomic E-state index is 13.4. The lowest BCUT2D eigenvalue weighted by Gasteiger charge is -2.18. The van der Waals surface area contributed by atoms with Crippen molar-refractivity contribution in [2.45, 2.75) is 25.5 Å². The van der Waals surface area contributed by atoms with Crippen LogP contribution in [0.15, 0.2) is 63.7 Å². The van der Waals surface area contributed by atoms with Crippen LogP contribution in [0.5, 0.6) is 11.5 Å². The van der Waals surface area contributed by atoms with Gasteiger partial charge in [0.05, 0.1) is 25.7 Å². The lowest BCUT2D eigenvalue weighted by Crippen LogP contribution is -2.30. The molecule has 0 saturated heterocycles. The molecular weight excluding hydrogens is 440 g/mol. The number of anilines is 1. The van der Waals surface area contributed by atoms with Gasteiger partial charge >= 0.3 is 0 Å². The van der Waals surface area contributed by atoms with E-state index in [1.165, 1.54) is 11.8 Å². The Morgan fingerprint density at radius 2 is 1.85 bits per heavy atom. The smallest absolute Gasteiger partial charge is 0.283 e. The fourth-order valence-electron chi connectivity index (χ4n) is 3.12. The van der Waals surface area contributed by atoms with E-state index in [1.54, 1.807) is 31.3 Å². The number of rotatable bonds is 7. The zero-order valence-electron chi connectivity index (χ0n) is 18.8. The molecule has 0 saturated carbocycles. The highest BCUT2D eigenvalue weighted by atomic mass is 32.2. The lowest BCUT2D eigenvalue weighted by molar-refractivity contribution is -0.113. The van der Waals surface area contributed by atoms with Gasteiger partial charge in [-0.25, -0.2) is 4.99 Å². The van der Waals surface area contributed by atoms with Gasteiger partial charge in [-0.05, 0) is 35.9 Å². The zero-order chi connectivity index (χ0) is 23.4. The van der Waals surface area contributed by atoms with Crippen molar-refractivity contribution in [3.63, 3.8) is 0 Å². The van der Waals surface area contributed by atoms with Gasteiger partial charge in [0.1, 0.15) is 17.2 Å². The summed E-state index contributed by atoms with van der Waals surface area (Å²) in [6, 6.07) is 14.7. The summed E-state index contributed by atoms with van der Waals surface area (Å²) in [4.78, 5) is 24.0. The van der Waals surface area contributed by atoms with E-state index in [9.17, 15) is 4.79 Å². The number of amidine groups is 1. The zero-order valence-corrected chi connectivity index (χ0v) is 19.6. The second-order valence-electron chi connectivity index (χ2n) is 7.53. The molecular formula is C24H24N4O4S. The molecule has 1 aromatic heterocycles. The second kappa shape index (κ2) is 9.91. The maximum Gasteiger partial charge on any atom is 0.283 e. The largest absolute Gasteiger partial charge is 0.497 e. The number of carbonyl (C=O) groups is 1. The highest BCUT2D eigenvalue weighted by Gasteiger charge is 2.32. The molecule has 0 bridgehead atoms. The molecule has 8 nitrogen and oxygen atoms in total. The van der Waals surface area contributed by atoms with Crippen LogP contribution in [-0.4, -0.2) is 35.4 Å². The summed E-state index contributed by atoms with van der Waals surface area (Å²) in [6.45, 7) is 4.00. The van der Waals surface area contributed by atoms with Gasteiger partial charge in [-0.2, -0.15) is 4.98 Å². The minimum atomic E-state index is -0.227. The summed E-state index contributed by atoms with van der Waals surface area (Å²) in [7, 11) is 3.20. The molecule has 0 unspecified atom stereocenters. The normalized spacial score (nSPS) is 14.8. The Bertz CT molecular complexity index is 1200. The Morgan fingerprint density at radius 1 is 1.09 bits per heavy atom. The summed E-state index contributed by atoms with van der Waals surface area (Å²) in [5.41, 5.74) is 1.84. The number of carbonyl (C=O) groups excluding carboxylic acids is 1. The molecule has 170 valence electrons. The number of benzene rings is 2. The van der Waals surface area contributed by atoms with Gasteiger partial charge in [0, 0.05) is 12.0 Å². The van der Waals surface area contributed by atoms with Crippen LogP contribution in [0.1, 0.15) is 37.0 Å². The fourth-order valence-corrected chi connectivity index (χ4v) is 3.97. The van der Waals surface area contributed by atoms with Crippen molar-refractivity contribution in [2.75, 3.05) is 19.1 Å². The molecule has 0 atom stereocenters. The van der Waals surface area contributed by atoms with Crippen LogP contribution in [0.3, 0.4) is 0 Å². The Balaban J connectivity index is 1.64. The van der Waals surface area contributed by atoms with Crippen molar-refractivity contribution in [1.82, 2.24) is 10.1 Å². The summed E-state index contributed by atoms with van der Waals surface area (Å²) < 4.78 is 15.9. The average molecular weight is 465 g/mol. The number of methoxy groups -OCH3 is 2. The fraction of sp³-hybridized carbons (Fsp3) is 0.250. The number of aliphatic imine (C=N–C) groups is 1. The van der Waals surface area contributed by atoms with Crippen molar-refractivity contribution < 1.29 is 18.8 Å². The third-order valence-corrected chi connectivity index (χ3v) is 5.81. The quantitative estimate of drug-likeness (QED) is 0.460. The SMILES string of the molecule is COc1ccc(/C=C2\N=C(SCc3nc(C(C)C)no3)N(c3cccc(OC)c3)C2=O)cc1. The van der Waals surface area contributed by atoms with E-state index in [1.807, 2.05) is 56.3 Å². The molecule has 0 N–H and O–H groups in total. The first-order valence-corrected chi connectivity index (χ1v) is 11.3. The van der Waals surface area contributed by atoms with Gasteiger partial charge in [0.2, 0.25) is 5.89 Å². The minimum Gasteiger partial charge on any atom is -0.497 e. The van der Waals surface area contributed by atoms with E-state index in [0.717, 1.165) is 11.3 Å². The van der Waals surface area contributed by atoms with Crippen molar-refractivity contribution in [1.29, 1.82) is 0 Å². The number of thioether (sulfide) groups is 1. The second-order valence-corrected chi connectivity index (χ2v) is 8.47. The number of ether oxygens (including phenoxy) is 2. The molecule has 33 heavy (non-hydrogen) atoms. The summed E-state index contributed by atoms with van der Waals surface area (Å²) in [5.74, 6) is 2.86. The van der Waals surface area contributed by atoms with E-state index in [2.05, 4.69) is 15.1 Å². The number of nitrogens with zero attached hydrogens (tertiary/aromatic N) is 4. The molecule has 1 amide bonds. The first kappa shape index (κ1) is 22.6. The standard InChI is InChI=1S/C24H24N4O4S/c1-15(2)22-26-21(32-27-22)14-33-24-25-20(12-16-8-10-18(30-3)11-9-16)23(29)28(24)17-6-5-7-19(13-17)31-4/h5-13,15H,14H2,1-4H3/b20-12-. The van der Waals surface area contributed by atoms with Gasteiger partial charge in [-0.15, -0.1) is 0 Å². The van der Waals surface area contributed by atoms with E-state index in [0.29, 0.717) is 39.8 Å². The van der Waals surface area contributed by atoms with Crippen LogP contribution in [0, 0.1) is 0 Å². The summed E-state index contributed by atoms with van der Waals surface area (Å²) in [5, 5.41) is 4.53. The Morgan fingerprint density at radius 3 is 2.52 bits per heavy atom. The average Bonchev–Trinajstić information content (AvgIpc) is 3.43. The van der Waals surface area contributed by atoms with Crippen molar-refractivity contribution in [3.8, 4) is 11.5 Å². The van der Waals surface area contributed by atoms with Gasteiger partial charge < -0.3 is 14.0 Å². The van der Waals surface area contributed by atoms with Crippen LogP contribution in [0.2, 0.25) is 0 Å². The van der Waals surface area contributed by atoms with Crippen molar-refractivity contribution in [2.24, 2.45) is 4.99 Å². The molecule has 0 radical (unpaired) electrons. The van der Waals surface area contributed by atoms with E-state index in [4.69, 9.17) is 14.0 Å². The number of hydrogen-bond donors (Lipinski definition) is 0. The Labute approximate surface area is 196 Å². The maximum absolute atomic E-state index is 13.4. The number of hydrogen-bond acceptors (Lipinski definition) is 8. The molecule has 1 aliphatic rings. The van der Waals surface area contributed by atoms with Crippen molar-refractivity contribution >= 4 is 34.6 Å². The molecule has 0 fully saturated rings. The predicted molar refractivity (Wildman–Crippen MR) is 129 cm³/mol. The van der Waals surface area contributed by atoms with E-state index in [-0.39, 0.29) is 11.8 Å². The molecule has 4 rings (SSSR count). The van der Waals surface area contributed by atoms with Gasteiger partial charge in [0.25, 0.3) is 5.91 Å². The molecule has 0 spiro atoms. The first-order chi connectivity index (χ1) is 16.0. The van der Waals surface area contributed by atoms with Crippen LogP contribution in [0.4, 0.5) is 5.69 Å². The van der Waals surface area contributed by atoms with E-state index < -0.39 is 0 Å².